The molecule has 1 aliphatic carbocycles. The highest BCUT2D eigenvalue weighted by atomic mass is 16.5. The summed E-state index contributed by atoms with van der Waals surface area (Å²) >= 11 is 0. The molecule has 2 aromatic rings. The zero-order valence-corrected chi connectivity index (χ0v) is 11.6. The molecular weight excluding hydrogens is 264 g/mol. The molecule has 0 atom stereocenters. The number of pyridine rings is 2. The quantitative estimate of drug-likeness (QED) is 0.878. The average Bonchev–Trinajstić information content (AvgIpc) is 3.36. The molecule has 1 aliphatic rings. The minimum Gasteiger partial charge on any atom is -0.487 e. The molecule has 21 heavy (non-hydrogen) atoms. The number of ether oxygens (including phenoxy) is 1. The van der Waals surface area contributed by atoms with Crippen LogP contribution in [0, 0.1) is 11.3 Å². The molecule has 0 bridgehead atoms. The highest BCUT2D eigenvalue weighted by Crippen LogP contribution is 2.19. The third-order valence-corrected chi connectivity index (χ3v) is 3.34. The molecule has 5 nitrogen and oxygen atoms in total. The first-order chi connectivity index (χ1) is 10.3. The monoisotopic (exact) mass is 280 g/mol. The van der Waals surface area contributed by atoms with Crippen molar-refractivity contribution >= 4 is 0 Å². The van der Waals surface area contributed by atoms with Crippen molar-refractivity contribution in [3.63, 3.8) is 0 Å². The van der Waals surface area contributed by atoms with Gasteiger partial charge in [0.2, 0.25) is 0 Å². The van der Waals surface area contributed by atoms with Crippen molar-refractivity contribution in [3.8, 4) is 11.8 Å². The SMILES string of the molecule is N#Cc1ncccc1COc1ccc(CNC2CC2)nc1. The Morgan fingerprint density at radius 1 is 1.29 bits per heavy atom. The van der Waals surface area contributed by atoms with Crippen molar-refractivity contribution < 1.29 is 4.74 Å². The lowest BCUT2D eigenvalue weighted by Gasteiger charge is -2.08. The molecule has 106 valence electrons. The zero-order valence-electron chi connectivity index (χ0n) is 11.6. The van der Waals surface area contributed by atoms with Crippen LogP contribution in [0.25, 0.3) is 0 Å². The van der Waals surface area contributed by atoms with Crippen LogP contribution < -0.4 is 10.1 Å². The van der Waals surface area contributed by atoms with E-state index in [-0.39, 0.29) is 0 Å². The summed E-state index contributed by atoms with van der Waals surface area (Å²) in [6.07, 6.45) is 5.86. The number of aromatic nitrogens is 2. The van der Waals surface area contributed by atoms with Gasteiger partial charge >= 0.3 is 0 Å². The van der Waals surface area contributed by atoms with E-state index in [4.69, 9.17) is 10.00 Å². The van der Waals surface area contributed by atoms with Gasteiger partial charge in [-0.3, -0.25) is 4.98 Å². The number of nitriles is 1. The summed E-state index contributed by atoms with van der Waals surface area (Å²) < 4.78 is 5.65. The second-order valence-electron chi connectivity index (χ2n) is 5.05. The summed E-state index contributed by atoms with van der Waals surface area (Å²) in [4.78, 5) is 8.37. The average molecular weight is 280 g/mol. The third kappa shape index (κ3) is 3.77. The summed E-state index contributed by atoms with van der Waals surface area (Å²) in [7, 11) is 0. The molecule has 2 heterocycles. The van der Waals surface area contributed by atoms with E-state index in [1.165, 1.54) is 12.8 Å². The molecule has 0 amide bonds. The molecule has 1 N–H and O–H groups in total. The van der Waals surface area contributed by atoms with Crippen molar-refractivity contribution in [3.05, 3.63) is 53.6 Å². The molecule has 3 rings (SSSR count). The van der Waals surface area contributed by atoms with Crippen molar-refractivity contribution in [2.75, 3.05) is 0 Å². The Bertz CT molecular complexity index is 644. The Morgan fingerprint density at radius 3 is 2.90 bits per heavy atom. The predicted molar refractivity (Wildman–Crippen MR) is 77.4 cm³/mol. The lowest BCUT2D eigenvalue weighted by atomic mass is 10.2. The van der Waals surface area contributed by atoms with Gasteiger partial charge in [0.15, 0.2) is 0 Å². The van der Waals surface area contributed by atoms with Crippen molar-refractivity contribution in [1.29, 1.82) is 5.26 Å². The topological polar surface area (TPSA) is 70.8 Å². The van der Waals surface area contributed by atoms with Gasteiger partial charge in [-0.1, -0.05) is 6.07 Å². The summed E-state index contributed by atoms with van der Waals surface area (Å²) in [6, 6.07) is 10.2. The van der Waals surface area contributed by atoms with E-state index >= 15 is 0 Å². The molecule has 0 radical (unpaired) electrons. The molecule has 0 spiro atoms. The van der Waals surface area contributed by atoms with Gasteiger partial charge in [0, 0.05) is 24.3 Å². The van der Waals surface area contributed by atoms with Crippen molar-refractivity contribution in [1.82, 2.24) is 15.3 Å². The lowest BCUT2D eigenvalue weighted by Crippen LogP contribution is -2.16. The number of rotatable bonds is 6. The van der Waals surface area contributed by atoms with Crippen LogP contribution in [0.5, 0.6) is 5.75 Å². The van der Waals surface area contributed by atoms with E-state index in [0.717, 1.165) is 17.8 Å². The van der Waals surface area contributed by atoms with Gasteiger partial charge in [0.05, 0.1) is 11.9 Å². The second kappa shape index (κ2) is 6.33. The van der Waals surface area contributed by atoms with E-state index in [2.05, 4.69) is 21.4 Å². The van der Waals surface area contributed by atoms with Crippen LogP contribution >= 0.6 is 0 Å². The maximum Gasteiger partial charge on any atom is 0.147 e. The third-order valence-electron chi connectivity index (χ3n) is 3.34. The summed E-state index contributed by atoms with van der Waals surface area (Å²) in [5.41, 5.74) is 2.18. The Morgan fingerprint density at radius 2 is 2.19 bits per heavy atom. The number of nitrogens with one attached hydrogen (secondary N) is 1. The minimum atomic E-state index is 0.318. The van der Waals surface area contributed by atoms with Gasteiger partial charge in [-0.15, -0.1) is 0 Å². The molecule has 2 aromatic heterocycles. The number of hydrogen-bond donors (Lipinski definition) is 1. The van der Waals surface area contributed by atoms with E-state index in [1.807, 2.05) is 18.2 Å². The summed E-state index contributed by atoms with van der Waals surface area (Å²) in [5, 5.41) is 12.4. The Kier molecular flexibility index (Phi) is 4.08. The van der Waals surface area contributed by atoms with Gasteiger partial charge in [0.1, 0.15) is 24.1 Å². The smallest absolute Gasteiger partial charge is 0.147 e. The van der Waals surface area contributed by atoms with Crippen LogP contribution in [0.2, 0.25) is 0 Å². The highest BCUT2D eigenvalue weighted by molar-refractivity contribution is 5.30. The Labute approximate surface area is 123 Å². The maximum absolute atomic E-state index is 8.97. The maximum atomic E-state index is 8.97. The van der Waals surface area contributed by atoms with Crippen molar-refractivity contribution in [2.24, 2.45) is 0 Å². The first kappa shape index (κ1) is 13.5. The normalized spacial score (nSPS) is 13.7. The summed E-state index contributed by atoms with van der Waals surface area (Å²) in [5.74, 6) is 0.693. The fourth-order valence-electron chi connectivity index (χ4n) is 1.95. The van der Waals surface area contributed by atoms with Crippen LogP contribution in [0.4, 0.5) is 0 Å². The number of hydrogen-bond acceptors (Lipinski definition) is 5. The number of nitrogens with zero attached hydrogens (tertiary/aromatic N) is 3. The molecule has 1 fully saturated rings. The van der Waals surface area contributed by atoms with Crippen LogP contribution in [0.1, 0.15) is 29.8 Å². The predicted octanol–water partition coefficient (Wildman–Crippen LogP) is 2.18. The van der Waals surface area contributed by atoms with Crippen LogP contribution in [0.15, 0.2) is 36.7 Å². The van der Waals surface area contributed by atoms with Gasteiger partial charge in [-0.05, 0) is 31.0 Å². The fraction of sp³-hybridized carbons (Fsp3) is 0.312. The molecular formula is C16H16N4O. The highest BCUT2D eigenvalue weighted by Gasteiger charge is 2.20. The van der Waals surface area contributed by atoms with Crippen LogP contribution in [-0.2, 0) is 13.2 Å². The molecule has 1 saturated carbocycles. The van der Waals surface area contributed by atoms with E-state index in [1.54, 1.807) is 18.5 Å². The van der Waals surface area contributed by atoms with E-state index in [0.29, 0.717) is 24.1 Å². The lowest BCUT2D eigenvalue weighted by molar-refractivity contribution is 0.304. The minimum absolute atomic E-state index is 0.318. The summed E-state index contributed by atoms with van der Waals surface area (Å²) in [6.45, 7) is 1.12. The van der Waals surface area contributed by atoms with Crippen LogP contribution in [-0.4, -0.2) is 16.0 Å². The zero-order chi connectivity index (χ0) is 14.5. The first-order valence-corrected chi connectivity index (χ1v) is 7.00. The van der Waals surface area contributed by atoms with Gasteiger partial charge < -0.3 is 10.1 Å². The largest absolute Gasteiger partial charge is 0.487 e. The Balaban J connectivity index is 1.56. The van der Waals surface area contributed by atoms with Gasteiger partial charge in [-0.2, -0.15) is 5.26 Å². The molecule has 0 saturated heterocycles. The first-order valence-electron chi connectivity index (χ1n) is 7.00. The molecule has 5 heteroatoms. The van der Waals surface area contributed by atoms with Crippen molar-refractivity contribution in [2.45, 2.75) is 32.0 Å². The molecule has 0 unspecified atom stereocenters. The standard InChI is InChI=1S/C16H16N4O/c17-8-16-12(2-1-7-18-16)11-21-15-6-5-14(20-10-15)9-19-13-3-4-13/h1-2,5-7,10,13,19H,3-4,9,11H2. The van der Waals surface area contributed by atoms with Gasteiger partial charge in [0.25, 0.3) is 0 Å². The van der Waals surface area contributed by atoms with Crippen LogP contribution in [0.3, 0.4) is 0 Å². The Hall–Kier alpha value is -2.45. The van der Waals surface area contributed by atoms with E-state index in [9.17, 15) is 0 Å². The molecule has 0 aromatic carbocycles. The van der Waals surface area contributed by atoms with Gasteiger partial charge in [-0.25, -0.2) is 4.98 Å². The van der Waals surface area contributed by atoms with E-state index < -0.39 is 0 Å². The second-order valence-corrected chi connectivity index (χ2v) is 5.05. The molecule has 0 aliphatic heterocycles. The fourth-order valence-corrected chi connectivity index (χ4v) is 1.95.